The van der Waals surface area contributed by atoms with Crippen molar-refractivity contribution in [2.75, 3.05) is 19.0 Å². The second-order valence-corrected chi connectivity index (χ2v) is 3.50. The van der Waals surface area contributed by atoms with E-state index in [4.69, 9.17) is 5.21 Å². The number of hydrogen-bond donors (Lipinski definition) is 2. The first-order valence-electron chi connectivity index (χ1n) is 4.73. The van der Waals surface area contributed by atoms with Crippen LogP contribution in [-0.4, -0.2) is 45.5 Å². The summed E-state index contributed by atoms with van der Waals surface area (Å²) in [4.78, 5) is 28.0. The summed E-state index contributed by atoms with van der Waals surface area (Å²) < 4.78 is 0. The number of nitrogens with zero attached hydrogens (tertiary/aromatic N) is 5. The topological polar surface area (TPSA) is 107 Å². The van der Waals surface area contributed by atoms with E-state index in [9.17, 15) is 4.79 Å². The van der Waals surface area contributed by atoms with Gasteiger partial charge in [-0.15, -0.1) is 0 Å². The van der Waals surface area contributed by atoms with Gasteiger partial charge < -0.3 is 10.1 Å². The molecular formula is C9H10N6O2. The Balaban J connectivity index is 2.68. The van der Waals surface area contributed by atoms with E-state index in [1.807, 2.05) is 0 Å². The fourth-order valence-corrected chi connectivity index (χ4v) is 1.25. The zero-order valence-electron chi connectivity index (χ0n) is 9.25. The number of hydrogen-bond acceptors (Lipinski definition) is 7. The van der Waals surface area contributed by atoms with E-state index in [0.29, 0.717) is 5.95 Å². The summed E-state index contributed by atoms with van der Waals surface area (Å²) in [6.45, 7) is 0. The van der Waals surface area contributed by atoms with E-state index in [1.165, 1.54) is 6.20 Å². The average molecular weight is 234 g/mol. The Kier molecular flexibility index (Phi) is 2.69. The third kappa shape index (κ3) is 2.05. The predicted molar refractivity (Wildman–Crippen MR) is 61.7 cm³/mol. The molecule has 0 saturated carbocycles. The van der Waals surface area contributed by atoms with Gasteiger partial charge in [-0.2, -0.15) is 4.98 Å². The lowest BCUT2D eigenvalue weighted by Crippen LogP contribution is -2.20. The molecule has 0 spiro atoms. The summed E-state index contributed by atoms with van der Waals surface area (Å²) in [7, 11) is 3.51. The zero-order valence-corrected chi connectivity index (χ0v) is 9.25. The van der Waals surface area contributed by atoms with E-state index < -0.39 is 0 Å². The number of oxime groups is 1. The first-order valence-corrected chi connectivity index (χ1v) is 4.73. The molecule has 2 N–H and O–H groups in total. The summed E-state index contributed by atoms with van der Waals surface area (Å²) in [6.07, 6.45) is 2.46. The number of nitrogens with one attached hydrogen (secondary N) is 1. The number of aromatic amines is 1. The van der Waals surface area contributed by atoms with Gasteiger partial charge in [0.05, 0.1) is 12.4 Å². The molecule has 17 heavy (non-hydrogen) atoms. The standard InChI is InChI=1S/C9H10N6O2/c1-15(2)9-13-7-6(8(16)14-9)12-5(3-10-7)4-11-17/h3-4,17H,1-2H3,(H,10,13,14,16)/b11-4+. The van der Waals surface area contributed by atoms with Crippen molar-refractivity contribution in [1.82, 2.24) is 19.9 Å². The van der Waals surface area contributed by atoms with Crippen LogP contribution in [0, 0.1) is 0 Å². The molecule has 88 valence electrons. The van der Waals surface area contributed by atoms with Crippen LogP contribution in [0.2, 0.25) is 0 Å². The van der Waals surface area contributed by atoms with E-state index in [0.717, 1.165) is 6.21 Å². The van der Waals surface area contributed by atoms with Crippen LogP contribution >= 0.6 is 0 Å². The fraction of sp³-hybridized carbons (Fsp3) is 0.222. The summed E-state index contributed by atoms with van der Waals surface area (Å²) in [6, 6.07) is 0. The van der Waals surface area contributed by atoms with Crippen molar-refractivity contribution in [3.63, 3.8) is 0 Å². The highest BCUT2D eigenvalue weighted by molar-refractivity contribution is 5.80. The lowest BCUT2D eigenvalue weighted by molar-refractivity contribution is 0.321. The zero-order chi connectivity index (χ0) is 12.4. The van der Waals surface area contributed by atoms with Crippen LogP contribution in [0.15, 0.2) is 16.1 Å². The summed E-state index contributed by atoms with van der Waals surface area (Å²) in [5.74, 6) is 0.403. The molecule has 2 rings (SSSR count). The number of aromatic nitrogens is 4. The lowest BCUT2D eigenvalue weighted by Gasteiger charge is -2.10. The Morgan fingerprint density at radius 1 is 1.47 bits per heavy atom. The van der Waals surface area contributed by atoms with Crippen LogP contribution in [0.25, 0.3) is 11.2 Å². The largest absolute Gasteiger partial charge is 0.411 e. The number of fused-ring (bicyclic) bond motifs is 1. The van der Waals surface area contributed by atoms with Gasteiger partial charge in [-0.3, -0.25) is 9.78 Å². The van der Waals surface area contributed by atoms with Gasteiger partial charge in [0.1, 0.15) is 5.69 Å². The molecule has 0 radical (unpaired) electrons. The summed E-state index contributed by atoms with van der Waals surface area (Å²) in [5, 5.41) is 11.2. The maximum absolute atomic E-state index is 11.7. The molecule has 0 bridgehead atoms. The Morgan fingerprint density at radius 2 is 2.24 bits per heavy atom. The molecule has 0 amide bonds. The SMILES string of the molecule is CN(C)c1nc2ncc(/C=N/O)nc2c(=O)[nH]1. The number of anilines is 1. The highest BCUT2D eigenvalue weighted by atomic mass is 16.4. The van der Waals surface area contributed by atoms with Crippen LogP contribution in [0.1, 0.15) is 5.69 Å². The Bertz CT molecular complexity index is 633. The smallest absolute Gasteiger partial charge is 0.280 e. The first-order chi connectivity index (χ1) is 8.11. The Morgan fingerprint density at radius 3 is 2.88 bits per heavy atom. The van der Waals surface area contributed by atoms with Crippen molar-refractivity contribution in [1.29, 1.82) is 0 Å². The molecule has 8 nitrogen and oxygen atoms in total. The maximum Gasteiger partial charge on any atom is 0.280 e. The molecular weight excluding hydrogens is 224 g/mol. The molecule has 0 atom stereocenters. The molecule has 2 heterocycles. The summed E-state index contributed by atoms with van der Waals surface area (Å²) in [5.41, 5.74) is 0.241. The highest BCUT2D eigenvalue weighted by Crippen LogP contribution is 2.05. The van der Waals surface area contributed by atoms with Crippen LogP contribution < -0.4 is 10.5 Å². The quantitative estimate of drug-likeness (QED) is 0.415. The first kappa shape index (κ1) is 11.0. The van der Waals surface area contributed by atoms with Crippen molar-refractivity contribution in [3.8, 4) is 0 Å². The maximum atomic E-state index is 11.7. The molecule has 8 heteroatoms. The van der Waals surface area contributed by atoms with Crippen molar-refractivity contribution >= 4 is 23.3 Å². The van der Waals surface area contributed by atoms with Gasteiger partial charge in [0.15, 0.2) is 11.2 Å². The molecule has 0 aromatic carbocycles. The van der Waals surface area contributed by atoms with Gasteiger partial charge in [0, 0.05) is 14.1 Å². The lowest BCUT2D eigenvalue weighted by atomic mass is 10.4. The third-order valence-electron chi connectivity index (χ3n) is 2.04. The van der Waals surface area contributed by atoms with Gasteiger partial charge in [-0.05, 0) is 0 Å². The predicted octanol–water partition coefficient (Wildman–Crippen LogP) is -0.413. The third-order valence-corrected chi connectivity index (χ3v) is 2.04. The van der Waals surface area contributed by atoms with E-state index in [-0.39, 0.29) is 22.4 Å². The molecule has 0 aliphatic rings. The van der Waals surface area contributed by atoms with E-state index in [1.54, 1.807) is 19.0 Å². The molecule has 0 unspecified atom stereocenters. The highest BCUT2D eigenvalue weighted by Gasteiger charge is 2.08. The Hall–Kier alpha value is -2.51. The van der Waals surface area contributed by atoms with Crippen LogP contribution in [0.3, 0.4) is 0 Å². The fourth-order valence-electron chi connectivity index (χ4n) is 1.25. The average Bonchev–Trinajstić information content (AvgIpc) is 2.30. The van der Waals surface area contributed by atoms with Gasteiger partial charge >= 0.3 is 0 Å². The molecule has 0 aliphatic heterocycles. The van der Waals surface area contributed by atoms with Gasteiger partial charge in [0.2, 0.25) is 5.95 Å². The molecule has 0 saturated heterocycles. The molecule has 2 aromatic rings. The summed E-state index contributed by atoms with van der Waals surface area (Å²) >= 11 is 0. The van der Waals surface area contributed by atoms with Gasteiger partial charge in [-0.1, -0.05) is 5.16 Å². The van der Waals surface area contributed by atoms with Gasteiger partial charge in [-0.25, -0.2) is 9.97 Å². The molecule has 0 fully saturated rings. The van der Waals surface area contributed by atoms with Gasteiger partial charge in [0.25, 0.3) is 5.56 Å². The molecule has 0 aliphatic carbocycles. The number of rotatable bonds is 2. The monoisotopic (exact) mass is 234 g/mol. The second kappa shape index (κ2) is 4.16. The van der Waals surface area contributed by atoms with Crippen molar-refractivity contribution in [2.45, 2.75) is 0 Å². The minimum Gasteiger partial charge on any atom is -0.411 e. The Labute approximate surface area is 95.7 Å². The number of H-pyrrole nitrogens is 1. The normalized spacial score (nSPS) is 11.2. The van der Waals surface area contributed by atoms with E-state index in [2.05, 4.69) is 25.1 Å². The minimum atomic E-state index is -0.389. The van der Waals surface area contributed by atoms with Crippen LogP contribution in [0.4, 0.5) is 5.95 Å². The second-order valence-electron chi connectivity index (χ2n) is 3.50. The van der Waals surface area contributed by atoms with Crippen molar-refractivity contribution in [3.05, 3.63) is 22.2 Å². The molecule has 2 aromatic heterocycles. The van der Waals surface area contributed by atoms with Crippen molar-refractivity contribution < 1.29 is 5.21 Å². The minimum absolute atomic E-state index is 0.105. The van der Waals surface area contributed by atoms with Crippen molar-refractivity contribution in [2.24, 2.45) is 5.16 Å². The van der Waals surface area contributed by atoms with Crippen LogP contribution in [-0.2, 0) is 0 Å². The van der Waals surface area contributed by atoms with Crippen LogP contribution in [0.5, 0.6) is 0 Å². The van der Waals surface area contributed by atoms with E-state index >= 15 is 0 Å².